The van der Waals surface area contributed by atoms with Crippen LogP contribution in [0.2, 0.25) is 0 Å². The third-order valence-corrected chi connectivity index (χ3v) is 6.73. The molecule has 2 unspecified atom stereocenters. The van der Waals surface area contributed by atoms with Gasteiger partial charge in [-0.15, -0.1) is 0 Å². The summed E-state index contributed by atoms with van der Waals surface area (Å²) in [6.45, 7) is 2.89. The number of benzene rings is 2. The number of nitrogens with one attached hydrogen (secondary N) is 1. The van der Waals surface area contributed by atoms with Gasteiger partial charge in [0.1, 0.15) is 11.8 Å². The monoisotopic (exact) mass is 473 g/mol. The number of H-pyrrole nitrogens is 1. The van der Waals surface area contributed by atoms with Gasteiger partial charge in [0.25, 0.3) is 5.91 Å². The Hall–Kier alpha value is -3.62. The zero-order valence-corrected chi connectivity index (χ0v) is 20.3. The number of phenolic OH excluding ortho intramolecular Hbond substituents is 1. The second-order valence-corrected chi connectivity index (χ2v) is 9.69. The van der Waals surface area contributed by atoms with Gasteiger partial charge in [-0.3, -0.25) is 14.5 Å². The second kappa shape index (κ2) is 8.87. The van der Waals surface area contributed by atoms with Gasteiger partial charge in [-0.2, -0.15) is 0 Å². The van der Waals surface area contributed by atoms with Crippen LogP contribution in [0.25, 0.3) is 10.9 Å². The molecule has 3 heterocycles. The zero-order chi connectivity index (χ0) is 24.9. The van der Waals surface area contributed by atoms with E-state index >= 15 is 0 Å². The van der Waals surface area contributed by atoms with Crippen molar-refractivity contribution in [1.29, 1.82) is 0 Å². The normalized spacial score (nSPS) is 19.2. The lowest BCUT2D eigenvalue weighted by Gasteiger charge is -2.42. The molecule has 1 aromatic heterocycles. The molecule has 0 bridgehead atoms. The number of amides is 2. The molecule has 4 N–H and O–H groups in total. The summed E-state index contributed by atoms with van der Waals surface area (Å²) < 4.78 is 0. The lowest BCUT2D eigenvalue weighted by molar-refractivity contribution is -0.145. The van der Waals surface area contributed by atoms with E-state index in [-0.39, 0.29) is 30.5 Å². The third-order valence-electron chi connectivity index (χ3n) is 6.73. The van der Waals surface area contributed by atoms with Crippen LogP contribution < -0.4 is 5.73 Å². The third kappa shape index (κ3) is 4.19. The number of likely N-dealkylation sites (N-methyl/N-ethyl adjacent to an activating group) is 1. The van der Waals surface area contributed by atoms with Crippen molar-refractivity contribution in [2.45, 2.75) is 31.8 Å². The van der Waals surface area contributed by atoms with Gasteiger partial charge in [-0.25, -0.2) is 0 Å². The molecule has 2 aliphatic heterocycles. The maximum Gasteiger partial charge on any atom is 0.254 e. The van der Waals surface area contributed by atoms with Crippen molar-refractivity contribution in [1.82, 2.24) is 19.7 Å². The Labute approximate surface area is 204 Å². The van der Waals surface area contributed by atoms with Crippen LogP contribution in [-0.2, 0) is 16.0 Å². The van der Waals surface area contributed by atoms with Crippen molar-refractivity contribution in [3.63, 3.8) is 0 Å². The number of phenols is 1. The highest BCUT2D eigenvalue weighted by Gasteiger charge is 2.46. The topological polar surface area (TPSA) is 106 Å². The number of aromatic hydroxyl groups is 1. The van der Waals surface area contributed by atoms with Gasteiger partial charge in [0, 0.05) is 48.7 Å². The molecule has 0 spiro atoms. The van der Waals surface area contributed by atoms with Crippen LogP contribution in [-0.4, -0.2) is 69.8 Å². The number of nitrogens with zero attached hydrogens (tertiary/aromatic N) is 3. The zero-order valence-electron chi connectivity index (χ0n) is 20.3. The summed E-state index contributed by atoms with van der Waals surface area (Å²) in [5.41, 5.74) is 11.4. The minimum absolute atomic E-state index is 0.108. The lowest BCUT2D eigenvalue weighted by Crippen LogP contribution is -2.53. The van der Waals surface area contributed by atoms with Gasteiger partial charge in [0.05, 0.1) is 11.7 Å². The van der Waals surface area contributed by atoms with E-state index < -0.39 is 12.1 Å². The molecule has 8 nitrogen and oxygen atoms in total. The molecule has 2 aliphatic rings. The van der Waals surface area contributed by atoms with Crippen molar-refractivity contribution in [2.75, 3.05) is 27.2 Å². The van der Waals surface area contributed by atoms with Crippen molar-refractivity contribution in [3.8, 4) is 5.75 Å². The number of hydrogen-bond donors (Lipinski definition) is 3. The van der Waals surface area contributed by atoms with Crippen molar-refractivity contribution in [3.05, 3.63) is 76.7 Å². The standard InChI is InChI=1S/C27H31N5O3/c1-16-7-8-22-20(11-16)21-13-23(27(35)31-15-18(31)14-30(2)3)32(24(34)9-10-28)26(25(21)29-22)17-5-4-6-19(33)12-17/h4-8,11-12,15,23,26,29,33H,9-10,13-14,28H2,1-3H3. The fourth-order valence-corrected chi connectivity index (χ4v) is 5.17. The number of nitrogens with two attached hydrogens (primary N) is 1. The largest absolute Gasteiger partial charge is 0.508 e. The molecule has 0 radical (unpaired) electrons. The molecule has 5 rings (SSSR count). The minimum atomic E-state index is -0.690. The highest BCUT2D eigenvalue weighted by atomic mass is 16.3. The molecule has 2 amide bonds. The molecule has 182 valence electrons. The number of carbonyl (C=O) groups is 2. The first-order valence-electron chi connectivity index (χ1n) is 11.9. The summed E-state index contributed by atoms with van der Waals surface area (Å²) in [5, 5.41) is 11.3. The van der Waals surface area contributed by atoms with Gasteiger partial charge in [0.15, 0.2) is 0 Å². The van der Waals surface area contributed by atoms with E-state index in [0.717, 1.165) is 39.0 Å². The van der Waals surface area contributed by atoms with E-state index in [1.165, 1.54) is 0 Å². The molecule has 35 heavy (non-hydrogen) atoms. The molecule has 0 saturated heterocycles. The Bertz CT molecular complexity index is 1340. The Morgan fingerprint density at radius 2 is 2.00 bits per heavy atom. The summed E-state index contributed by atoms with van der Waals surface area (Å²) in [4.78, 5) is 36.2. The minimum Gasteiger partial charge on any atom is -0.508 e. The number of carbonyl (C=O) groups excluding carboxylic acids is 2. The van der Waals surface area contributed by atoms with Crippen molar-refractivity contribution < 1.29 is 14.7 Å². The van der Waals surface area contributed by atoms with E-state index in [9.17, 15) is 14.7 Å². The van der Waals surface area contributed by atoms with Gasteiger partial charge < -0.3 is 25.6 Å². The maximum atomic E-state index is 13.8. The average molecular weight is 474 g/mol. The molecule has 2 atom stereocenters. The average Bonchev–Trinajstić information content (AvgIpc) is 3.47. The highest BCUT2D eigenvalue weighted by Crippen LogP contribution is 2.43. The SMILES string of the molecule is Cc1ccc2[nH]c3c(c2c1)CC(C(=O)N1C=C1CN(C)C)N(C(=O)CCN)C3c1cccc(O)c1. The second-order valence-electron chi connectivity index (χ2n) is 9.69. The molecule has 8 heteroatoms. The maximum absolute atomic E-state index is 13.8. The van der Waals surface area contributed by atoms with E-state index in [0.29, 0.717) is 13.0 Å². The quantitative estimate of drug-likeness (QED) is 0.510. The Morgan fingerprint density at radius 1 is 1.20 bits per heavy atom. The van der Waals surface area contributed by atoms with E-state index in [1.54, 1.807) is 28.0 Å². The number of aromatic nitrogens is 1. The molecular weight excluding hydrogens is 442 g/mol. The van der Waals surface area contributed by atoms with Gasteiger partial charge in [-0.1, -0.05) is 23.8 Å². The smallest absolute Gasteiger partial charge is 0.254 e. The Morgan fingerprint density at radius 3 is 2.71 bits per heavy atom. The molecule has 0 aliphatic carbocycles. The van der Waals surface area contributed by atoms with Crippen LogP contribution in [0.1, 0.15) is 34.8 Å². The summed E-state index contributed by atoms with van der Waals surface area (Å²) in [6.07, 6.45) is 2.38. The van der Waals surface area contributed by atoms with Gasteiger partial charge >= 0.3 is 0 Å². The number of hydrogen-bond acceptors (Lipinski definition) is 5. The predicted octanol–water partition coefficient (Wildman–Crippen LogP) is 2.62. The number of aryl methyl sites for hydroxylation is 1. The number of fused-ring (bicyclic) bond motifs is 3. The van der Waals surface area contributed by atoms with Crippen molar-refractivity contribution in [2.24, 2.45) is 5.73 Å². The van der Waals surface area contributed by atoms with Gasteiger partial charge in [-0.05, 0) is 56.4 Å². The van der Waals surface area contributed by atoms with Crippen LogP contribution in [0.5, 0.6) is 5.75 Å². The molecular formula is C27H31N5O3. The highest BCUT2D eigenvalue weighted by molar-refractivity contribution is 5.95. The van der Waals surface area contributed by atoms with Crippen LogP contribution in [0, 0.1) is 6.92 Å². The summed E-state index contributed by atoms with van der Waals surface area (Å²) in [5.74, 6) is -0.197. The van der Waals surface area contributed by atoms with Crippen molar-refractivity contribution >= 4 is 22.7 Å². The molecule has 2 aromatic carbocycles. The Kier molecular flexibility index (Phi) is 5.86. The summed E-state index contributed by atoms with van der Waals surface area (Å²) in [6, 6.07) is 11.9. The lowest BCUT2D eigenvalue weighted by atomic mass is 9.87. The fraction of sp³-hybridized carbons (Fsp3) is 0.333. The Balaban J connectivity index is 1.66. The first-order chi connectivity index (χ1) is 16.8. The summed E-state index contributed by atoms with van der Waals surface area (Å²) in [7, 11) is 3.91. The van der Waals surface area contributed by atoms with E-state index in [4.69, 9.17) is 5.73 Å². The van der Waals surface area contributed by atoms with Gasteiger partial charge in [0.2, 0.25) is 5.91 Å². The van der Waals surface area contributed by atoms with Crippen LogP contribution in [0.15, 0.2) is 54.4 Å². The summed E-state index contributed by atoms with van der Waals surface area (Å²) >= 11 is 0. The first kappa shape index (κ1) is 23.1. The van der Waals surface area contributed by atoms with E-state index in [1.807, 2.05) is 50.3 Å². The number of rotatable bonds is 6. The van der Waals surface area contributed by atoms with Crippen LogP contribution in [0.3, 0.4) is 0 Å². The number of aromatic amines is 1. The fourth-order valence-electron chi connectivity index (χ4n) is 5.17. The van der Waals surface area contributed by atoms with E-state index in [2.05, 4.69) is 11.1 Å². The molecule has 3 aromatic rings. The van der Waals surface area contributed by atoms with Crippen LogP contribution in [0.4, 0.5) is 0 Å². The molecule has 0 saturated carbocycles. The first-order valence-corrected chi connectivity index (χ1v) is 11.9. The predicted molar refractivity (Wildman–Crippen MR) is 134 cm³/mol. The molecule has 0 fully saturated rings. The van der Waals surface area contributed by atoms with Crippen LogP contribution >= 0.6 is 0 Å².